The van der Waals surface area contributed by atoms with Crippen LogP contribution in [0.4, 0.5) is 0 Å². The van der Waals surface area contributed by atoms with Crippen molar-refractivity contribution < 1.29 is 0 Å². The Bertz CT molecular complexity index is 777. The summed E-state index contributed by atoms with van der Waals surface area (Å²) in [5.74, 6) is 0. The van der Waals surface area contributed by atoms with Gasteiger partial charge in [0.25, 0.3) is 5.56 Å². The Labute approximate surface area is 116 Å². The first-order valence-electron chi connectivity index (χ1n) is 5.08. The van der Waals surface area contributed by atoms with Gasteiger partial charge in [-0.15, -0.1) is 11.3 Å². The summed E-state index contributed by atoms with van der Waals surface area (Å²) in [6, 6.07) is 8.61. The van der Waals surface area contributed by atoms with Crippen molar-refractivity contribution in [2.24, 2.45) is 0 Å². The van der Waals surface area contributed by atoms with Crippen molar-refractivity contribution in [2.45, 2.75) is 0 Å². The van der Waals surface area contributed by atoms with E-state index < -0.39 is 0 Å². The lowest BCUT2D eigenvalue weighted by atomic mass is 10.2. The molecule has 90 valence electrons. The van der Waals surface area contributed by atoms with E-state index in [0.717, 1.165) is 11.3 Å². The lowest BCUT2D eigenvalue weighted by Crippen LogP contribution is -2.12. The molecule has 0 aliphatic heterocycles. The van der Waals surface area contributed by atoms with Crippen molar-refractivity contribution in [2.75, 3.05) is 0 Å². The number of nitrogens with zero attached hydrogens (tertiary/aromatic N) is 2. The van der Waals surface area contributed by atoms with E-state index in [2.05, 4.69) is 4.98 Å². The Morgan fingerprint density at radius 1 is 1.17 bits per heavy atom. The third kappa shape index (κ3) is 1.92. The molecule has 0 unspecified atom stereocenters. The van der Waals surface area contributed by atoms with Crippen molar-refractivity contribution in [3.05, 3.63) is 56.2 Å². The molecule has 0 amide bonds. The van der Waals surface area contributed by atoms with Crippen LogP contribution in [-0.4, -0.2) is 9.38 Å². The fourth-order valence-corrected chi connectivity index (χ4v) is 2.97. The SMILES string of the molecule is O=c1cc(Cl)nc2scc(-c3ccc(Cl)cc3)n12. The van der Waals surface area contributed by atoms with Crippen LogP contribution < -0.4 is 5.56 Å². The van der Waals surface area contributed by atoms with E-state index in [0.29, 0.717) is 9.98 Å². The molecular weight excluding hydrogens is 291 g/mol. The molecule has 2 aromatic heterocycles. The summed E-state index contributed by atoms with van der Waals surface area (Å²) < 4.78 is 1.54. The van der Waals surface area contributed by atoms with Crippen LogP contribution >= 0.6 is 34.5 Å². The zero-order valence-electron chi connectivity index (χ0n) is 8.93. The van der Waals surface area contributed by atoms with E-state index in [1.54, 1.807) is 16.5 Å². The molecule has 0 aliphatic rings. The van der Waals surface area contributed by atoms with Crippen LogP contribution in [0.2, 0.25) is 10.2 Å². The number of rotatable bonds is 1. The molecule has 6 heteroatoms. The smallest absolute Gasteiger partial charge is 0.260 e. The van der Waals surface area contributed by atoms with Crippen LogP contribution in [0.15, 0.2) is 40.5 Å². The summed E-state index contributed by atoms with van der Waals surface area (Å²) in [4.78, 5) is 16.6. The Kier molecular flexibility index (Phi) is 2.86. The van der Waals surface area contributed by atoms with Gasteiger partial charge < -0.3 is 0 Å². The number of benzene rings is 1. The molecule has 1 aromatic carbocycles. The minimum Gasteiger partial charge on any atom is -0.269 e. The van der Waals surface area contributed by atoms with Crippen molar-refractivity contribution in [1.29, 1.82) is 0 Å². The molecule has 0 N–H and O–H groups in total. The second-order valence-electron chi connectivity index (χ2n) is 3.66. The number of halogens is 2. The van der Waals surface area contributed by atoms with Gasteiger partial charge in [0, 0.05) is 16.5 Å². The highest BCUT2D eigenvalue weighted by Crippen LogP contribution is 2.25. The Morgan fingerprint density at radius 3 is 2.61 bits per heavy atom. The van der Waals surface area contributed by atoms with Gasteiger partial charge in [0.05, 0.1) is 5.69 Å². The third-order valence-corrected chi connectivity index (χ3v) is 3.78. The normalized spacial score (nSPS) is 11.0. The summed E-state index contributed by atoms with van der Waals surface area (Å²) in [7, 11) is 0. The van der Waals surface area contributed by atoms with Gasteiger partial charge in [-0.2, -0.15) is 0 Å². The summed E-state index contributed by atoms with van der Waals surface area (Å²) in [6.07, 6.45) is 0. The van der Waals surface area contributed by atoms with Crippen LogP contribution in [0.3, 0.4) is 0 Å². The molecule has 0 radical (unpaired) electrons. The van der Waals surface area contributed by atoms with E-state index in [1.165, 1.54) is 17.4 Å². The maximum Gasteiger partial charge on any atom is 0.260 e. The maximum absolute atomic E-state index is 11.9. The summed E-state index contributed by atoms with van der Waals surface area (Å²) >= 11 is 13.0. The number of thiazole rings is 1. The van der Waals surface area contributed by atoms with Gasteiger partial charge in [0.2, 0.25) is 0 Å². The van der Waals surface area contributed by atoms with Crippen LogP contribution in [0.25, 0.3) is 16.2 Å². The predicted octanol–water partition coefficient (Wildman–Crippen LogP) is 3.73. The summed E-state index contributed by atoms with van der Waals surface area (Å²) in [5.41, 5.74) is 1.52. The lowest BCUT2D eigenvalue weighted by molar-refractivity contribution is 1.08. The van der Waals surface area contributed by atoms with Crippen LogP contribution in [-0.2, 0) is 0 Å². The molecule has 18 heavy (non-hydrogen) atoms. The number of fused-ring (bicyclic) bond motifs is 1. The van der Waals surface area contributed by atoms with E-state index in [-0.39, 0.29) is 10.7 Å². The van der Waals surface area contributed by atoms with Crippen molar-refractivity contribution >= 4 is 39.5 Å². The van der Waals surface area contributed by atoms with Gasteiger partial charge in [0.15, 0.2) is 4.96 Å². The first kappa shape index (κ1) is 11.7. The molecule has 0 saturated heterocycles. The number of hydrogen-bond acceptors (Lipinski definition) is 3. The van der Waals surface area contributed by atoms with Crippen LogP contribution in [0, 0.1) is 0 Å². The second-order valence-corrected chi connectivity index (χ2v) is 5.32. The number of aromatic nitrogens is 2. The highest BCUT2D eigenvalue weighted by Gasteiger charge is 2.09. The quantitative estimate of drug-likeness (QED) is 0.641. The molecule has 0 spiro atoms. The molecule has 3 aromatic rings. The summed E-state index contributed by atoms with van der Waals surface area (Å²) in [5, 5.41) is 2.75. The van der Waals surface area contributed by atoms with E-state index in [9.17, 15) is 4.79 Å². The Morgan fingerprint density at radius 2 is 1.89 bits per heavy atom. The van der Waals surface area contributed by atoms with Gasteiger partial charge in [-0.25, -0.2) is 4.98 Å². The van der Waals surface area contributed by atoms with Crippen LogP contribution in [0.5, 0.6) is 0 Å². The van der Waals surface area contributed by atoms with Gasteiger partial charge in [0.1, 0.15) is 5.15 Å². The van der Waals surface area contributed by atoms with E-state index in [4.69, 9.17) is 23.2 Å². The van der Waals surface area contributed by atoms with Crippen molar-refractivity contribution in [3.63, 3.8) is 0 Å². The van der Waals surface area contributed by atoms with Crippen molar-refractivity contribution in [3.8, 4) is 11.3 Å². The molecule has 0 atom stereocenters. The largest absolute Gasteiger partial charge is 0.269 e. The van der Waals surface area contributed by atoms with E-state index >= 15 is 0 Å². The molecule has 2 heterocycles. The minimum atomic E-state index is -0.184. The molecular formula is C12H6Cl2N2OS. The van der Waals surface area contributed by atoms with Gasteiger partial charge >= 0.3 is 0 Å². The highest BCUT2D eigenvalue weighted by molar-refractivity contribution is 7.15. The average Bonchev–Trinajstić information content (AvgIpc) is 2.74. The van der Waals surface area contributed by atoms with Crippen molar-refractivity contribution in [1.82, 2.24) is 9.38 Å². The standard InChI is InChI=1S/C12H6Cl2N2OS/c13-8-3-1-7(2-4-8)9-6-18-12-15-10(14)5-11(17)16(9)12/h1-6H. The fraction of sp³-hybridized carbons (Fsp3) is 0. The first-order valence-corrected chi connectivity index (χ1v) is 6.71. The summed E-state index contributed by atoms with van der Waals surface area (Å²) in [6.45, 7) is 0. The first-order chi connectivity index (χ1) is 8.65. The van der Waals surface area contributed by atoms with Crippen LogP contribution in [0.1, 0.15) is 0 Å². The Balaban J connectivity index is 2.30. The highest BCUT2D eigenvalue weighted by atomic mass is 35.5. The molecule has 0 saturated carbocycles. The second kappa shape index (κ2) is 4.39. The molecule has 0 bridgehead atoms. The zero-order valence-corrected chi connectivity index (χ0v) is 11.3. The fourth-order valence-electron chi connectivity index (χ4n) is 1.71. The number of hydrogen-bond donors (Lipinski definition) is 0. The predicted molar refractivity (Wildman–Crippen MR) is 74.8 cm³/mol. The Hall–Kier alpha value is -1.36. The molecule has 0 fully saturated rings. The van der Waals surface area contributed by atoms with Gasteiger partial charge in [-0.3, -0.25) is 9.20 Å². The third-order valence-electron chi connectivity index (χ3n) is 2.51. The minimum absolute atomic E-state index is 0.184. The maximum atomic E-state index is 11.9. The van der Waals surface area contributed by atoms with Gasteiger partial charge in [-0.1, -0.05) is 35.3 Å². The zero-order chi connectivity index (χ0) is 12.7. The monoisotopic (exact) mass is 296 g/mol. The lowest BCUT2D eigenvalue weighted by Gasteiger charge is -2.01. The average molecular weight is 297 g/mol. The topological polar surface area (TPSA) is 34.4 Å². The van der Waals surface area contributed by atoms with E-state index in [1.807, 2.05) is 17.5 Å². The molecule has 3 nitrogen and oxygen atoms in total. The molecule has 3 rings (SSSR count). The molecule has 0 aliphatic carbocycles. The van der Waals surface area contributed by atoms with Gasteiger partial charge in [-0.05, 0) is 17.7 Å².